The van der Waals surface area contributed by atoms with Gasteiger partial charge in [-0.1, -0.05) is 17.9 Å². The summed E-state index contributed by atoms with van der Waals surface area (Å²) in [5.41, 5.74) is 0.670. The van der Waals surface area contributed by atoms with Gasteiger partial charge in [0.05, 0.1) is 5.56 Å². The fourth-order valence-corrected chi connectivity index (χ4v) is 0.865. The van der Waals surface area contributed by atoms with Gasteiger partial charge in [-0.05, 0) is 18.2 Å². The summed E-state index contributed by atoms with van der Waals surface area (Å²) in [6.07, 6.45) is 0. The molecule has 0 atom stereocenters. The van der Waals surface area contributed by atoms with Gasteiger partial charge in [0.1, 0.15) is 0 Å². The molecule has 1 aromatic rings. The maximum atomic E-state index is 11.6. The van der Waals surface area contributed by atoms with Gasteiger partial charge in [-0.2, -0.15) is 0 Å². The van der Waals surface area contributed by atoms with Crippen LogP contribution in [0.3, 0.4) is 0 Å². The number of carboxylic acid groups (broad SMARTS) is 1. The molecule has 0 saturated heterocycles. The van der Waals surface area contributed by atoms with Crippen LogP contribution in [0.5, 0.6) is 0 Å². The van der Waals surface area contributed by atoms with Crippen LogP contribution in [0.25, 0.3) is 0 Å². The SMILES string of the molecule is O=C(O)c1cccc(C#CCF)c1. The molecule has 0 spiro atoms. The van der Waals surface area contributed by atoms with Gasteiger partial charge in [0.2, 0.25) is 0 Å². The fourth-order valence-electron chi connectivity index (χ4n) is 0.865. The van der Waals surface area contributed by atoms with Gasteiger partial charge in [0.25, 0.3) is 0 Å². The minimum atomic E-state index is -1.01. The number of aromatic carboxylic acids is 1. The van der Waals surface area contributed by atoms with Crippen molar-refractivity contribution in [3.63, 3.8) is 0 Å². The summed E-state index contributed by atoms with van der Waals surface area (Å²) in [5.74, 6) is 3.71. The number of carbonyl (C=O) groups is 1. The van der Waals surface area contributed by atoms with Crippen molar-refractivity contribution < 1.29 is 14.3 Å². The van der Waals surface area contributed by atoms with Crippen LogP contribution in [0.1, 0.15) is 15.9 Å². The van der Waals surface area contributed by atoms with Crippen LogP contribution in [-0.4, -0.2) is 17.8 Å². The maximum Gasteiger partial charge on any atom is 0.335 e. The number of alkyl halides is 1. The number of halogens is 1. The number of rotatable bonds is 1. The molecule has 0 fully saturated rings. The Balaban J connectivity index is 2.98. The first kappa shape index (κ1) is 9.27. The Labute approximate surface area is 75.0 Å². The molecule has 0 aliphatic carbocycles. The van der Waals surface area contributed by atoms with E-state index in [1.807, 2.05) is 0 Å². The molecule has 0 aliphatic rings. The van der Waals surface area contributed by atoms with E-state index in [0.717, 1.165) is 0 Å². The predicted octanol–water partition coefficient (Wildman–Crippen LogP) is 1.71. The summed E-state index contributed by atoms with van der Waals surface area (Å²) >= 11 is 0. The number of carboxylic acids is 1. The highest BCUT2D eigenvalue weighted by molar-refractivity contribution is 5.87. The van der Waals surface area contributed by atoms with E-state index in [0.29, 0.717) is 5.56 Å². The Morgan fingerprint density at radius 3 is 2.92 bits per heavy atom. The van der Waals surface area contributed by atoms with E-state index in [-0.39, 0.29) is 5.56 Å². The largest absolute Gasteiger partial charge is 0.478 e. The minimum absolute atomic E-state index is 0.158. The monoisotopic (exact) mass is 178 g/mol. The van der Waals surface area contributed by atoms with E-state index in [4.69, 9.17) is 5.11 Å². The van der Waals surface area contributed by atoms with Crippen molar-refractivity contribution in [3.8, 4) is 11.8 Å². The van der Waals surface area contributed by atoms with Gasteiger partial charge in [-0.3, -0.25) is 0 Å². The van der Waals surface area contributed by atoms with Crippen LogP contribution >= 0.6 is 0 Å². The molecule has 0 aliphatic heterocycles. The van der Waals surface area contributed by atoms with E-state index in [2.05, 4.69) is 11.8 Å². The van der Waals surface area contributed by atoms with Crippen LogP contribution < -0.4 is 0 Å². The minimum Gasteiger partial charge on any atom is -0.478 e. The van der Waals surface area contributed by atoms with Crippen LogP contribution in [0.2, 0.25) is 0 Å². The third kappa shape index (κ3) is 2.60. The second-order valence-corrected chi connectivity index (χ2v) is 2.32. The molecule has 0 saturated carbocycles. The molecule has 0 radical (unpaired) electrons. The molecule has 0 amide bonds. The zero-order valence-electron chi connectivity index (χ0n) is 6.75. The molecule has 1 N–H and O–H groups in total. The lowest BCUT2D eigenvalue weighted by molar-refractivity contribution is 0.0697. The molecule has 0 aromatic heterocycles. The number of hydrogen-bond acceptors (Lipinski definition) is 1. The molecular weight excluding hydrogens is 171 g/mol. The van der Waals surface area contributed by atoms with Gasteiger partial charge in [-0.15, -0.1) is 0 Å². The molecule has 1 aromatic carbocycles. The van der Waals surface area contributed by atoms with Crippen molar-refractivity contribution in [3.05, 3.63) is 35.4 Å². The summed E-state index contributed by atoms with van der Waals surface area (Å²) in [5, 5.41) is 8.61. The smallest absolute Gasteiger partial charge is 0.335 e. The van der Waals surface area contributed by atoms with Gasteiger partial charge >= 0.3 is 5.97 Å². The molecule has 0 unspecified atom stereocenters. The van der Waals surface area contributed by atoms with Crippen LogP contribution in [0.4, 0.5) is 4.39 Å². The van der Waals surface area contributed by atoms with E-state index in [9.17, 15) is 9.18 Å². The normalized spacial score (nSPS) is 8.69. The van der Waals surface area contributed by atoms with Gasteiger partial charge in [0, 0.05) is 5.56 Å². The van der Waals surface area contributed by atoms with Crippen molar-refractivity contribution in [2.75, 3.05) is 6.67 Å². The predicted molar refractivity (Wildman–Crippen MR) is 46.3 cm³/mol. The van der Waals surface area contributed by atoms with Gasteiger partial charge < -0.3 is 5.11 Å². The first-order valence-corrected chi connectivity index (χ1v) is 3.62. The standard InChI is InChI=1S/C10H7FO2/c11-6-2-4-8-3-1-5-9(7-8)10(12)13/h1,3,5,7H,6H2,(H,12,13). The molecule has 1 rings (SSSR count). The Morgan fingerprint density at radius 1 is 1.54 bits per heavy atom. The Hall–Kier alpha value is -1.82. The van der Waals surface area contributed by atoms with Crippen molar-refractivity contribution in [1.82, 2.24) is 0 Å². The second kappa shape index (κ2) is 4.27. The summed E-state index contributed by atoms with van der Waals surface area (Å²) < 4.78 is 11.6. The summed E-state index contributed by atoms with van der Waals surface area (Å²) in [4.78, 5) is 10.5. The van der Waals surface area contributed by atoms with Crippen molar-refractivity contribution in [2.45, 2.75) is 0 Å². The molecular formula is C10H7FO2. The Kier molecular flexibility index (Phi) is 3.04. The highest BCUT2D eigenvalue weighted by atomic mass is 19.1. The maximum absolute atomic E-state index is 11.6. The average Bonchev–Trinajstić information content (AvgIpc) is 2.15. The topological polar surface area (TPSA) is 37.3 Å². The first-order chi connectivity index (χ1) is 6.24. The first-order valence-electron chi connectivity index (χ1n) is 3.62. The van der Waals surface area contributed by atoms with Crippen molar-refractivity contribution in [1.29, 1.82) is 0 Å². The van der Waals surface area contributed by atoms with Gasteiger partial charge in [-0.25, -0.2) is 9.18 Å². The molecule has 3 heteroatoms. The van der Waals surface area contributed by atoms with Crippen molar-refractivity contribution >= 4 is 5.97 Å². The quantitative estimate of drug-likeness (QED) is 0.664. The molecule has 13 heavy (non-hydrogen) atoms. The third-order valence-electron chi connectivity index (χ3n) is 1.41. The number of benzene rings is 1. The molecule has 0 bridgehead atoms. The van der Waals surface area contributed by atoms with Crippen LogP contribution in [-0.2, 0) is 0 Å². The zero-order valence-corrected chi connectivity index (χ0v) is 6.75. The lowest BCUT2D eigenvalue weighted by atomic mass is 10.1. The van der Waals surface area contributed by atoms with Crippen LogP contribution in [0.15, 0.2) is 24.3 Å². The van der Waals surface area contributed by atoms with Crippen molar-refractivity contribution in [2.24, 2.45) is 0 Å². The Bertz CT molecular complexity index is 374. The molecule has 66 valence electrons. The Morgan fingerprint density at radius 2 is 2.31 bits per heavy atom. The lowest BCUT2D eigenvalue weighted by Gasteiger charge is -1.93. The molecule has 0 heterocycles. The summed E-state index contributed by atoms with van der Waals surface area (Å²) in [6.45, 7) is -0.725. The highest BCUT2D eigenvalue weighted by Gasteiger charge is 2.00. The molecule has 2 nitrogen and oxygen atoms in total. The van der Waals surface area contributed by atoms with E-state index in [1.54, 1.807) is 12.1 Å². The average molecular weight is 178 g/mol. The second-order valence-electron chi connectivity index (χ2n) is 2.32. The third-order valence-corrected chi connectivity index (χ3v) is 1.41. The fraction of sp³-hybridized carbons (Fsp3) is 0.100. The summed E-state index contributed by atoms with van der Waals surface area (Å²) in [7, 11) is 0. The van der Waals surface area contributed by atoms with Crippen LogP contribution in [0, 0.1) is 11.8 Å². The number of hydrogen-bond donors (Lipinski definition) is 1. The zero-order chi connectivity index (χ0) is 9.68. The highest BCUT2D eigenvalue weighted by Crippen LogP contribution is 2.03. The van der Waals surface area contributed by atoms with Gasteiger partial charge in [0.15, 0.2) is 6.67 Å². The van der Waals surface area contributed by atoms with E-state index < -0.39 is 12.6 Å². The summed E-state index contributed by atoms with van der Waals surface area (Å²) in [6, 6.07) is 6.08. The van der Waals surface area contributed by atoms with E-state index in [1.165, 1.54) is 12.1 Å². The lowest BCUT2D eigenvalue weighted by Crippen LogP contribution is -1.95. The van der Waals surface area contributed by atoms with E-state index >= 15 is 0 Å².